The van der Waals surface area contributed by atoms with Crippen molar-refractivity contribution in [3.63, 3.8) is 0 Å². The third-order valence-electron chi connectivity index (χ3n) is 5.16. The lowest BCUT2D eigenvalue weighted by molar-refractivity contribution is -0.129. The van der Waals surface area contributed by atoms with Gasteiger partial charge in [-0.15, -0.1) is 0 Å². The van der Waals surface area contributed by atoms with Crippen molar-refractivity contribution in [2.24, 2.45) is 0 Å². The fraction of sp³-hybridized carbons (Fsp3) is 0.381. The maximum Gasteiger partial charge on any atom is 0.243 e. The van der Waals surface area contributed by atoms with Gasteiger partial charge < -0.3 is 19.3 Å². The van der Waals surface area contributed by atoms with Gasteiger partial charge in [0.2, 0.25) is 15.9 Å². The van der Waals surface area contributed by atoms with E-state index in [1.807, 2.05) is 0 Å². The quantitative estimate of drug-likeness (QED) is 0.640. The summed E-state index contributed by atoms with van der Waals surface area (Å²) in [5, 5.41) is 0. The molecule has 0 bridgehead atoms. The highest BCUT2D eigenvalue weighted by Gasteiger charge is 2.27. The number of nitrogens with zero attached hydrogens (tertiary/aromatic N) is 3. The Labute approximate surface area is 181 Å². The first-order chi connectivity index (χ1) is 14.7. The highest BCUT2D eigenvalue weighted by atomic mass is 32.2. The molecule has 2 aromatic carbocycles. The summed E-state index contributed by atoms with van der Waals surface area (Å²) in [4.78, 5) is 16.6. The number of hydrogen-bond acceptors (Lipinski definition) is 6. The molecule has 1 aliphatic heterocycles. The van der Waals surface area contributed by atoms with Crippen LogP contribution in [0, 0.1) is 5.82 Å². The van der Waals surface area contributed by atoms with Crippen LogP contribution in [-0.4, -0.2) is 72.4 Å². The summed E-state index contributed by atoms with van der Waals surface area (Å²) in [5.41, 5.74) is 1.20. The van der Waals surface area contributed by atoms with Crippen molar-refractivity contribution in [1.29, 1.82) is 0 Å². The number of carbonyl (C=O) groups excluding carboxylic acids is 1. The second-order valence-electron chi connectivity index (χ2n) is 7.15. The van der Waals surface area contributed by atoms with Gasteiger partial charge in [0, 0.05) is 37.9 Å². The van der Waals surface area contributed by atoms with Gasteiger partial charge >= 0.3 is 0 Å². The predicted molar refractivity (Wildman–Crippen MR) is 117 cm³/mol. The molecule has 0 radical (unpaired) electrons. The molecular formula is C21H26FN3O5S. The molecular weight excluding hydrogens is 425 g/mol. The molecule has 1 heterocycles. The van der Waals surface area contributed by atoms with Crippen LogP contribution in [-0.2, 0) is 14.8 Å². The maximum atomic E-state index is 13.1. The first kappa shape index (κ1) is 22.7. The van der Waals surface area contributed by atoms with Crippen molar-refractivity contribution in [2.45, 2.75) is 0 Å². The Balaban J connectivity index is 1.70. The van der Waals surface area contributed by atoms with Crippen LogP contribution in [0.25, 0.3) is 0 Å². The van der Waals surface area contributed by atoms with Crippen LogP contribution in [0.15, 0.2) is 42.5 Å². The van der Waals surface area contributed by atoms with Gasteiger partial charge in [-0.25, -0.2) is 12.8 Å². The Morgan fingerprint density at radius 1 is 1.00 bits per heavy atom. The van der Waals surface area contributed by atoms with Crippen LogP contribution in [0.2, 0.25) is 0 Å². The predicted octanol–water partition coefficient (Wildman–Crippen LogP) is 1.96. The van der Waals surface area contributed by atoms with Crippen molar-refractivity contribution < 1.29 is 27.1 Å². The second-order valence-corrected chi connectivity index (χ2v) is 9.06. The van der Waals surface area contributed by atoms with Gasteiger partial charge in [0.05, 0.1) is 26.2 Å². The maximum absolute atomic E-state index is 13.1. The molecule has 3 rings (SSSR count). The van der Waals surface area contributed by atoms with E-state index in [1.165, 1.54) is 32.4 Å². The molecule has 1 saturated heterocycles. The number of methoxy groups -OCH3 is 2. The lowest BCUT2D eigenvalue weighted by Crippen LogP contribution is -2.52. The molecule has 2 aromatic rings. The first-order valence-corrected chi connectivity index (χ1v) is 11.6. The number of ether oxygens (including phenoxy) is 2. The molecule has 31 heavy (non-hydrogen) atoms. The van der Waals surface area contributed by atoms with Gasteiger partial charge in [0.15, 0.2) is 11.5 Å². The summed E-state index contributed by atoms with van der Waals surface area (Å²) in [5.74, 6) is 0.240. The van der Waals surface area contributed by atoms with Crippen LogP contribution < -0.4 is 18.7 Å². The molecule has 1 aliphatic rings. The van der Waals surface area contributed by atoms with E-state index in [1.54, 1.807) is 29.2 Å². The lowest BCUT2D eigenvalue weighted by atomic mass is 10.2. The number of anilines is 2. The number of piperazine rings is 1. The van der Waals surface area contributed by atoms with Crippen LogP contribution in [0.1, 0.15) is 0 Å². The normalized spacial score (nSPS) is 14.3. The number of carbonyl (C=O) groups is 1. The van der Waals surface area contributed by atoms with Gasteiger partial charge in [-0.05, 0) is 36.4 Å². The molecule has 10 heteroatoms. The Morgan fingerprint density at radius 2 is 1.61 bits per heavy atom. The van der Waals surface area contributed by atoms with E-state index in [0.29, 0.717) is 43.4 Å². The molecule has 0 unspecified atom stereocenters. The SMILES string of the molecule is COc1ccc(N(CC(=O)N2CCN(c3ccc(F)cc3)CC2)S(C)(=O)=O)cc1OC. The number of sulfonamides is 1. The molecule has 0 aliphatic carbocycles. The molecule has 0 atom stereocenters. The standard InChI is InChI=1S/C21H26FN3O5S/c1-29-19-9-8-18(14-20(19)30-2)25(31(3,27)28)15-21(26)24-12-10-23(11-13-24)17-6-4-16(22)5-7-17/h4-9,14H,10-13,15H2,1-3H3. The number of halogens is 1. The first-order valence-electron chi connectivity index (χ1n) is 9.71. The van der Waals surface area contributed by atoms with E-state index in [-0.39, 0.29) is 18.3 Å². The topological polar surface area (TPSA) is 79.4 Å². The zero-order valence-electron chi connectivity index (χ0n) is 17.7. The molecule has 1 amide bonds. The van der Waals surface area contributed by atoms with E-state index in [9.17, 15) is 17.6 Å². The lowest BCUT2D eigenvalue weighted by Gasteiger charge is -2.37. The van der Waals surface area contributed by atoms with Crippen molar-refractivity contribution >= 4 is 27.3 Å². The molecule has 0 N–H and O–H groups in total. The zero-order valence-corrected chi connectivity index (χ0v) is 18.6. The van der Waals surface area contributed by atoms with Gasteiger partial charge in [-0.1, -0.05) is 0 Å². The van der Waals surface area contributed by atoms with Crippen molar-refractivity contribution in [3.8, 4) is 11.5 Å². The smallest absolute Gasteiger partial charge is 0.243 e. The second kappa shape index (κ2) is 9.42. The number of amides is 1. The Kier molecular flexibility index (Phi) is 6.89. The zero-order chi connectivity index (χ0) is 22.6. The summed E-state index contributed by atoms with van der Waals surface area (Å²) < 4.78 is 49.5. The third kappa shape index (κ3) is 5.38. The van der Waals surface area contributed by atoms with Gasteiger partial charge in [0.1, 0.15) is 12.4 Å². The minimum atomic E-state index is -3.71. The van der Waals surface area contributed by atoms with Gasteiger partial charge in [-0.3, -0.25) is 9.10 Å². The van der Waals surface area contributed by atoms with Crippen LogP contribution >= 0.6 is 0 Å². The monoisotopic (exact) mass is 451 g/mol. The highest BCUT2D eigenvalue weighted by Crippen LogP contribution is 2.32. The Morgan fingerprint density at radius 3 is 2.16 bits per heavy atom. The molecule has 1 fully saturated rings. The number of hydrogen-bond donors (Lipinski definition) is 0. The van der Waals surface area contributed by atoms with E-state index in [2.05, 4.69) is 4.90 Å². The van der Waals surface area contributed by atoms with Crippen LogP contribution in [0.4, 0.5) is 15.8 Å². The minimum absolute atomic E-state index is 0.293. The molecule has 0 aromatic heterocycles. The van der Waals surface area contributed by atoms with Crippen LogP contribution in [0.3, 0.4) is 0 Å². The summed E-state index contributed by atoms with van der Waals surface area (Å²) in [6.45, 7) is 1.73. The van der Waals surface area contributed by atoms with E-state index < -0.39 is 10.0 Å². The van der Waals surface area contributed by atoms with Crippen molar-refractivity contribution in [2.75, 3.05) is 62.4 Å². The summed E-state index contributed by atoms with van der Waals surface area (Å²) in [6.07, 6.45) is 1.06. The highest BCUT2D eigenvalue weighted by molar-refractivity contribution is 7.92. The van der Waals surface area contributed by atoms with Crippen molar-refractivity contribution in [1.82, 2.24) is 4.90 Å². The van der Waals surface area contributed by atoms with Crippen molar-refractivity contribution in [3.05, 3.63) is 48.3 Å². The number of benzene rings is 2. The Bertz CT molecular complexity index is 1020. The molecule has 0 saturated carbocycles. The largest absolute Gasteiger partial charge is 0.493 e. The van der Waals surface area contributed by atoms with E-state index in [4.69, 9.17) is 9.47 Å². The van der Waals surface area contributed by atoms with Gasteiger partial charge in [0.25, 0.3) is 0 Å². The summed E-state index contributed by atoms with van der Waals surface area (Å²) in [6, 6.07) is 10.9. The van der Waals surface area contributed by atoms with Crippen LogP contribution in [0.5, 0.6) is 11.5 Å². The minimum Gasteiger partial charge on any atom is -0.493 e. The third-order valence-corrected chi connectivity index (χ3v) is 6.30. The number of rotatable bonds is 7. The fourth-order valence-corrected chi connectivity index (χ4v) is 4.31. The summed E-state index contributed by atoms with van der Waals surface area (Å²) in [7, 11) is -0.767. The molecule has 168 valence electrons. The fourth-order valence-electron chi connectivity index (χ4n) is 3.47. The summed E-state index contributed by atoms with van der Waals surface area (Å²) >= 11 is 0. The molecule has 0 spiro atoms. The van der Waals surface area contributed by atoms with E-state index in [0.717, 1.165) is 16.2 Å². The average Bonchev–Trinajstić information content (AvgIpc) is 2.76. The van der Waals surface area contributed by atoms with E-state index >= 15 is 0 Å². The Hall–Kier alpha value is -3.01. The molecule has 8 nitrogen and oxygen atoms in total. The average molecular weight is 452 g/mol. The van der Waals surface area contributed by atoms with Gasteiger partial charge in [-0.2, -0.15) is 0 Å².